The molecule has 1 saturated heterocycles. The van der Waals surface area contributed by atoms with Gasteiger partial charge in [0.05, 0.1) is 46.2 Å². The maximum absolute atomic E-state index is 13.6. The van der Waals surface area contributed by atoms with Crippen molar-refractivity contribution in [1.82, 2.24) is 15.0 Å². The van der Waals surface area contributed by atoms with Crippen molar-refractivity contribution in [3.05, 3.63) is 80.6 Å². The van der Waals surface area contributed by atoms with Gasteiger partial charge in [0, 0.05) is 29.9 Å². The fraction of sp³-hybridized carbons (Fsp3) is 0.250. The molecular formula is C28H26ClN7O9S2. The molecule has 0 amide bonds. The first-order chi connectivity index (χ1) is 22.1. The maximum Gasteiger partial charge on any atom is 0.296 e. The summed E-state index contributed by atoms with van der Waals surface area (Å²) in [6.45, 7) is 3.31. The molecule has 0 saturated carbocycles. The fourth-order valence-corrected chi connectivity index (χ4v) is 7.42. The molecule has 3 aromatic rings. The summed E-state index contributed by atoms with van der Waals surface area (Å²) in [5, 5.41) is 5.54. The van der Waals surface area contributed by atoms with Crippen LogP contribution in [0.2, 0.25) is 5.28 Å². The predicted octanol–water partition coefficient (Wildman–Crippen LogP) is 2.31. The molecule has 1 unspecified atom stereocenters. The molecule has 6 rings (SSSR count). The lowest BCUT2D eigenvalue weighted by Gasteiger charge is -2.34. The number of benzene rings is 2. The summed E-state index contributed by atoms with van der Waals surface area (Å²) in [6.07, 6.45) is 2.41. The highest BCUT2D eigenvalue weighted by molar-refractivity contribution is 7.90. The molecule has 6 N–H and O–H groups in total. The van der Waals surface area contributed by atoms with E-state index >= 15 is 0 Å². The third-order valence-electron chi connectivity index (χ3n) is 7.87. The van der Waals surface area contributed by atoms with Gasteiger partial charge in [-0.25, -0.2) is 0 Å². The number of nitrogens with one attached hydrogen (secondary N) is 2. The lowest BCUT2D eigenvalue weighted by molar-refractivity contribution is 0.0980. The van der Waals surface area contributed by atoms with Crippen molar-refractivity contribution in [2.45, 2.75) is 23.8 Å². The van der Waals surface area contributed by atoms with Crippen LogP contribution in [0.3, 0.4) is 0 Å². The van der Waals surface area contributed by atoms with E-state index in [1.807, 2.05) is 4.90 Å². The van der Waals surface area contributed by atoms with Crippen LogP contribution in [0.4, 0.5) is 23.3 Å². The Balaban J connectivity index is 1.40. The highest BCUT2D eigenvalue weighted by Crippen LogP contribution is 2.41. The van der Waals surface area contributed by atoms with Gasteiger partial charge in [-0.15, -0.1) is 0 Å². The molecule has 2 aliphatic carbocycles. The number of nitrogen functional groups attached to an aromatic ring is 1. The number of allylic oxidation sites excluding steroid dienone is 1. The number of anilines is 4. The molecular weight excluding hydrogens is 678 g/mol. The van der Waals surface area contributed by atoms with Crippen LogP contribution in [0.1, 0.15) is 45.2 Å². The van der Waals surface area contributed by atoms with Gasteiger partial charge in [-0.3, -0.25) is 18.7 Å². The van der Waals surface area contributed by atoms with E-state index in [4.69, 9.17) is 22.1 Å². The normalized spacial score (nSPS) is 19.8. The van der Waals surface area contributed by atoms with Gasteiger partial charge in [0.1, 0.15) is 4.90 Å². The van der Waals surface area contributed by atoms with Gasteiger partial charge in [0.25, 0.3) is 20.2 Å². The minimum atomic E-state index is -5.00. The monoisotopic (exact) mass is 703 g/mol. The van der Waals surface area contributed by atoms with Crippen LogP contribution < -0.4 is 21.3 Å². The number of hydrogen-bond acceptors (Lipinski definition) is 14. The first-order valence-electron chi connectivity index (χ1n) is 13.9. The SMILES string of the molecule is CC1(Nc2nc(Cl)nc(N3CCOCC3)n2)CC=C(Nc2cc(S(=O)(=O)O)c(N)c3c2C(=O)c2ccccc2C3=O)C=C1S(=O)(=O)O. The lowest BCUT2D eigenvalue weighted by atomic mass is 9.82. The molecule has 2 aromatic carbocycles. The van der Waals surface area contributed by atoms with Gasteiger partial charge >= 0.3 is 0 Å². The summed E-state index contributed by atoms with van der Waals surface area (Å²) in [7, 11) is -9.93. The zero-order valence-electron chi connectivity index (χ0n) is 24.4. The fourth-order valence-electron chi connectivity index (χ4n) is 5.64. The van der Waals surface area contributed by atoms with Crippen LogP contribution in [0.25, 0.3) is 0 Å². The zero-order chi connectivity index (χ0) is 33.9. The molecule has 1 fully saturated rings. The first kappa shape index (κ1) is 32.5. The lowest BCUT2D eigenvalue weighted by Crippen LogP contribution is -2.42. The van der Waals surface area contributed by atoms with E-state index in [1.165, 1.54) is 31.2 Å². The van der Waals surface area contributed by atoms with Crippen LogP contribution in [-0.2, 0) is 25.0 Å². The number of nitrogens with zero attached hydrogens (tertiary/aromatic N) is 4. The molecule has 1 aliphatic heterocycles. The van der Waals surface area contributed by atoms with E-state index in [2.05, 4.69) is 25.6 Å². The zero-order valence-corrected chi connectivity index (χ0v) is 26.8. The Kier molecular flexibility index (Phi) is 8.05. The van der Waals surface area contributed by atoms with Crippen LogP contribution in [0.15, 0.2) is 58.0 Å². The van der Waals surface area contributed by atoms with Gasteiger partial charge in [0.15, 0.2) is 11.6 Å². The van der Waals surface area contributed by atoms with E-state index in [1.54, 1.807) is 6.07 Å². The van der Waals surface area contributed by atoms with Gasteiger partial charge in [0.2, 0.25) is 17.2 Å². The quantitative estimate of drug-likeness (QED) is 0.137. The van der Waals surface area contributed by atoms with Crippen molar-refractivity contribution in [3.63, 3.8) is 0 Å². The summed E-state index contributed by atoms with van der Waals surface area (Å²) >= 11 is 6.15. The second-order valence-electron chi connectivity index (χ2n) is 11.0. The number of carbonyl (C=O) groups is 2. The Morgan fingerprint density at radius 2 is 1.62 bits per heavy atom. The Morgan fingerprint density at radius 3 is 2.23 bits per heavy atom. The van der Waals surface area contributed by atoms with Gasteiger partial charge in [-0.05, 0) is 37.1 Å². The van der Waals surface area contributed by atoms with Crippen molar-refractivity contribution >= 4 is 66.7 Å². The summed E-state index contributed by atoms with van der Waals surface area (Å²) in [4.78, 5) is 40.1. The number of ether oxygens (including phenoxy) is 1. The number of rotatable bonds is 7. The van der Waals surface area contributed by atoms with Gasteiger partial charge in [-0.1, -0.05) is 30.3 Å². The second kappa shape index (κ2) is 11.7. The number of fused-ring (bicyclic) bond motifs is 2. The van der Waals surface area contributed by atoms with Crippen molar-refractivity contribution in [2.75, 3.05) is 47.6 Å². The van der Waals surface area contributed by atoms with E-state index in [0.717, 1.165) is 12.1 Å². The summed E-state index contributed by atoms with van der Waals surface area (Å²) in [5.74, 6) is -1.27. The largest absolute Gasteiger partial charge is 0.397 e. The van der Waals surface area contributed by atoms with Crippen LogP contribution in [0.5, 0.6) is 0 Å². The number of aromatic nitrogens is 3. The molecule has 2 heterocycles. The Bertz CT molecular complexity index is 2150. The minimum absolute atomic E-state index is 0.00745. The third-order valence-corrected chi connectivity index (χ3v) is 10.1. The minimum Gasteiger partial charge on any atom is -0.397 e. The Hall–Kier alpha value is -4.46. The average Bonchev–Trinajstić information content (AvgIpc) is 3.00. The Labute approximate surface area is 273 Å². The molecule has 1 atom stereocenters. The third kappa shape index (κ3) is 6.06. The van der Waals surface area contributed by atoms with E-state index in [-0.39, 0.29) is 51.7 Å². The molecule has 246 valence electrons. The van der Waals surface area contributed by atoms with E-state index in [9.17, 15) is 35.5 Å². The number of nitrogens with two attached hydrogens (primary N) is 1. The highest BCUT2D eigenvalue weighted by Gasteiger charge is 2.40. The molecule has 19 heteroatoms. The molecule has 0 bridgehead atoms. The first-order valence-corrected chi connectivity index (χ1v) is 17.1. The summed E-state index contributed by atoms with van der Waals surface area (Å²) in [5.41, 5.74) is 2.87. The highest BCUT2D eigenvalue weighted by atomic mass is 35.5. The number of ketones is 2. The van der Waals surface area contributed by atoms with Crippen molar-refractivity contribution < 1.29 is 40.3 Å². The maximum atomic E-state index is 13.6. The molecule has 47 heavy (non-hydrogen) atoms. The van der Waals surface area contributed by atoms with E-state index in [0.29, 0.717) is 26.3 Å². The van der Waals surface area contributed by atoms with Gasteiger partial charge < -0.3 is 26.0 Å². The number of halogens is 1. The Morgan fingerprint density at radius 1 is 0.979 bits per heavy atom. The number of morpholine rings is 1. The van der Waals surface area contributed by atoms with E-state index < -0.39 is 58.4 Å². The molecule has 0 spiro atoms. The summed E-state index contributed by atoms with van der Waals surface area (Å²) in [6, 6.07) is 6.73. The molecule has 0 radical (unpaired) electrons. The molecule has 16 nitrogen and oxygen atoms in total. The standard InChI is InChI=1S/C28H26ClN7O9S2/c1-28(35-26-32-25(29)33-27(34-26)36-8-10-45-11-9-36)7-6-14(12-19(28)47(42,43)44)31-17-13-18(46(39,40)41)22(30)21-20(17)23(37)15-4-2-3-5-16(15)24(21)38/h2-6,12-13,31H,7-11,30H2,1H3,(H,39,40,41)(H,42,43,44)(H,32,33,34,35). The van der Waals surface area contributed by atoms with Crippen LogP contribution in [0, 0.1) is 0 Å². The number of hydrogen-bond donors (Lipinski definition) is 5. The number of carbonyl (C=O) groups excluding carboxylic acids is 2. The second-order valence-corrected chi connectivity index (χ2v) is 14.1. The summed E-state index contributed by atoms with van der Waals surface area (Å²) < 4.78 is 75.6. The van der Waals surface area contributed by atoms with Crippen LogP contribution >= 0.6 is 11.6 Å². The average molecular weight is 704 g/mol. The van der Waals surface area contributed by atoms with Crippen molar-refractivity contribution in [1.29, 1.82) is 0 Å². The van der Waals surface area contributed by atoms with Crippen molar-refractivity contribution in [3.8, 4) is 0 Å². The smallest absolute Gasteiger partial charge is 0.296 e. The predicted molar refractivity (Wildman–Crippen MR) is 170 cm³/mol. The van der Waals surface area contributed by atoms with Crippen LogP contribution in [-0.4, -0.2) is 84.3 Å². The molecule has 3 aliphatic rings. The van der Waals surface area contributed by atoms with Gasteiger partial charge in [-0.2, -0.15) is 31.8 Å². The van der Waals surface area contributed by atoms with Crippen molar-refractivity contribution in [2.24, 2.45) is 0 Å². The topological polar surface area (TPSA) is 244 Å². The molecule has 1 aromatic heterocycles.